The van der Waals surface area contributed by atoms with Gasteiger partial charge in [0.1, 0.15) is 5.69 Å². The monoisotopic (exact) mass is 537 g/mol. The van der Waals surface area contributed by atoms with Crippen LogP contribution in [-0.4, -0.2) is 63.4 Å². The van der Waals surface area contributed by atoms with Crippen molar-refractivity contribution in [3.05, 3.63) is 72.6 Å². The Morgan fingerprint density at radius 3 is 2.65 bits per heavy atom. The zero-order valence-corrected chi connectivity index (χ0v) is 22.8. The van der Waals surface area contributed by atoms with Crippen LogP contribution in [0.2, 0.25) is 0 Å². The van der Waals surface area contributed by atoms with Gasteiger partial charge in [0.15, 0.2) is 0 Å². The van der Waals surface area contributed by atoms with E-state index in [-0.39, 0.29) is 11.8 Å². The van der Waals surface area contributed by atoms with Crippen LogP contribution in [0.15, 0.2) is 67.0 Å². The number of aromatic nitrogens is 4. The molecular weight excluding hydrogens is 502 g/mol. The molecule has 1 saturated heterocycles. The Morgan fingerprint density at radius 2 is 1.88 bits per heavy atom. The van der Waals surface area contributed by atoms with E-state index in [1.165, 1.54) is 5.56 Å². The van der Waals surface area contributed by atoms with Crippen molar-refractivity contribution < 1.29 is 9.53 Å². The molecule has 1 saturated carbocycles. The normalized spacial score (nSPS) is 15.6. The first kappa shape index (κ1) is 26.2. The summed E-state index contributed by atoms with van der Waals surface area (Å²) in [5, 5.41) is 11.2. The summed E-state index contributed by atoms with van der Waals surface area (Å²) in [6.07, 6.45) is 6.75. The summed E-state index contributed by atoms with van der Waals surface area (Å²) < 4.78 is 7.38. The number of hydrogen-bond donors (Lipinski definition) is 2. The zero-order chi connectivity index (χ0) is 27.3. The molecule has 0 bridgehead atoms. The summed E-state index contributed by atoms with van der Waals surface area (Å²) >= 11 is 0. The van der Waals surface area contributed by atoms with Gasteiger partial charge in [-0.3, -0.25) is 14.4 Å². The number of nitrogens with one attached hydrogen (secondary N) is 2. The fourth-order valence-electron chi connectivity index (χ4n) is 4.90. The number of rotatable bonds is 10. The Morgan fingerprint density at radius 1 is 1.05 bits per heavy atom. The van der Waals surface area contributed by atoms with Gasteiger partial charge in [0, 0.05) is 67.0 Å². The molecule has 2 aromatic carbocycles. The van der Waals surface area contributed by atoms with Gasteiger partial charge in [0.25, 0.3) is 0 Å². The van der Waals surface area contributed by atoms with E-state index in [2.05, 4.69) is 45.6 Å². The number of hydrogen-bond acceptors (Lipinski definition) is 7. The summed E-state index contributed by atoms with van der Waals surface area (Å²) in [7, 11) is 0. The van der Waals surface area contributed by atoms with Crippen molar-refractivity contribution >= 4 is 23.2 Å². The number of aryl methyl sites for hydroxylation is 1. The minimum Gasteiger partial charge on any atom is -0.379 e. The molecule has 3 heterocycles. The van der Waals surface area contributed by atoms with Gasteiger partial charge in [-0.25, -0.2) is 9.97 Å². The molecule has 0 spiro atoms. The van der Waals surface area contributed by atoms with Crippen molar-refractivity contribution in [2.24, 2.45) is 5.92 Å². The summed E-state index contributed by atoms with van der Waals surface area (Å²) in [5.41, 5.74) is 6.58. The van der Waals surface area contributed by atoms with Gasteiger partial charge in [-0.2, -0.15) is 5.10 Å². The highest BCUT2D eigenvalue weighted by molar-refractivity contribution is 5.94. The van der Waals surface area contributed by atoms with E-state index in [4.69, 9.17) is 14.8 Å². The third-order valence-corrected chi connectivity index (χ3v) is 7.39. The summed E-state index contributed by atoms with van der Waals surface area (Å²) in [6.45, 7) is 7.46. The van der Waals surface area contributed by atoms with Crippen LogP contribution in [0.1, 0.15) is 25.3 Å². The smallest absolute Gasteiger partial charge is 0.227 e. The highest BCUT2D eigenvalue weighted by Crippen LogP contribution is 2.33. The predicted molar refractivity (Wildman–Crippen MR) is 156 cm³/mol. The molecule has 40 heavy (non-hydrogen) atoms. The Kier molecular flexibility index (Phi) is 7.83. The second kappa shape index (κ2) is 12.0. The standard InChI is InChI=1S/C31H35N7O2/c1-2-38-21-27(29(36-38)23-8-10-25(11-9-23)33-30(39)24-6-7-24)28-12-14-32-31(35-28)34-26-5-3-4-22(20-26)13-15-37-16-18-40-19-17-37/h3-5,8-12,14,20-21,24H,2,6-7,13,15-19H2,1H3,(H,33,39)(H,32,34,35). The maximum Gasteiger partial charge on any atom is 0.227 e. The molecule has 1 aliphatic heterocycles. The first-order chi connectivity index (χ1) is 19.6. The number of carbonyl (C=O) groups is 1. The number of nitrogens with zero attached hydrogens (tertiary/aromatic N) is 5. The van der Waals surface area contributed by atoms with Crippen molar-refractivity contribution in [1.29, 1.82) is 0 Å². The number of anilines is 3. The Balaban J connectivity index is 1.18. The van der Waals surface area contributed by atoms with Gasteiger partial charge in [0.05, 0.1) is 18.9 Å². The number of benzene rings is 2. The van der Waals surface area contributed by atoms with Gasteiger partial charge in [-0.05, 0) is 62.1 Å². The molecule has 9 heteroatoms. The lowest BCUT2D eigenvalue weighted by atomic mass is 10.1. The second-order valence-corrected chi connectivity index (χ2v) is 10.4. The highest BCUT2D eigenvalue weighted by atomic mass is 16.5. The molecule has 2 N–H and O–H groups in total. The third kappa shape index (κ3) is 6.38. The molecule has 206 valence electrons. The molecule has 1 aliphatic carbocycles. The van der Waals surface area contributed by atoms with Crippen molar-refractivity contribution in [2.45, 2.75) is 32.7 Å². The molecule has 2 aliphatic rings. The summed E-state index contributed by atoms with van der Waals surface area (Å²) in [4.78, 5) is 23.9. The maximum atomic E-state index is 12.1. The van der Waals surface area contributed by atoms with Gasteiger partial charge in [-0.1, -0.05) is 24.3 Å². The molecule has 9 nitrogen and oxygen atoms in total. The summed E-state index contributed by atoms with van der Waals surface area (Å²) in [5.74, 6) is 0.813. The van der Waals surface area contributed by atoms with Crippen LogP contribution in [0.25, 0.3) is 22.5 Å². The second-order valence-electron chi connectivity index (χ2n) is 10.4. The third-order valence-electron chi connectivity index (χ3n) is 7.39. The zero-order valence-electron chi connectivity index (χ0n) is 22.8. The van der Waals surface area contributed by atoms with Crippen molar-refractivity contribution in [2.75, 3.05) is 43.5 Å². The Bertz CT molecular complexity index is 1460. The van der Waals surface area contributed by atoms with Crippen LogP contribution < -0.4 is 10.6 Å². The van der Waals surface area contributed by atoms with E-state index in [0.717, 1.165) is 92.5 Å². The number of morpholine rings is 1. The van der Waals surface area contributed by atoms with Gasteiger partial charge >= 0.3 is 0 Å². The van der Waals surface area contributed by atoms with Crippen LogP contribution >= 0.6 is 0 Å². The average Bonchev–Trinajstić information content (AvgIpc) is 3.76. The number of amides is 1. The fraction of sp³-hybridized carbons (Fsp3) is 0.355. The lowest BCUT2D eigenvalue weighted by molar-refractivity contribution is -0.117. The van der Waals surface area contributed by atoms with Crippen LogP contribution in [0.5, 0.6) is 0 Å². The molecule has 1 amide bonds. The first-order valence-corrected chi connectivity index (χ1v) is 14.1. The quantitative estimate of drug-likeness (QED) is 0.294. The van der Waals surface area contributed by atoms with E-state index < -0.39 is 0 Å². The largest absolute Gasteiger partial charge is 0.379 e. The number of carbonyl (C=O) groups excluding carboxylic acids is 1. The molecule has 0 unspecified atom stereocenters. The van der Waals surface area contributed by atoms with Gasteiger partial charge in [0.2, 0.25) is 11.9 Å². The van der Waals surface area contributed by atoms with Crippen LogP contribution in [-0.2, 0) is 22.5 Å². The van der Waals surface area contributed by atoms with E-state index in [0.29, 0.717) is 5.95 Å². The van der Waals surface area contributed by atoms with Crippen LogP contribution in [0.3, 0.4) is 0 Å². The Hall–Kier alpha value is -4.08. The van der Waals surface area contributed by atoms with Gasteiger partial charge in [-0.15, -0.1) is 0 Å². The molecule has 6 rings (SSSR count). The molecule has 2 fully saturated rings. The topological polar surface area (TPSA) is 97.2 Å². The number of ether oxygens (including phenoxy) is 1. The maximum absolute atomic E-state index is 12.1. The molecule has 0 atom stereocenters. The lowest BCUT2D eigenvalue weighted by Gasteiger charge is -2.26. The predicted octanol–water partition coefficient (Wildman–Crippen LogP) is 4.99. The molecular formula is C31H35N7O2. The fourth-order valence-corrected chi connectivity index (χ4v) is 4.90. The SMILES string of the molecule is CCn1cc(-c2ccnc(Nc3cccc(CCN4CCOCC4)c3)n2)c(-c2ccc(NC(=O)C3CC3)cc2)n1. The van der Waals surface area contributed by atoms with Crippen molar-refractivity contribution in [1.82, 2.24) is 24.6 Å². The molecule has 0 radical (unpaired) electrons. The minimum absolute atomic E-state index is 0.104. The van der Waals surface area contributed by atoms with Crippen molar-refractivity contribution in [3.8, 4) is 22.5 Å². The molecule has 2 aromatic heterocycles. The van der Waals surface area contributed by atoms with Crippen LogP contribution in [0.4, 0.5) is 17.3 Å². The van der Waals surface area contributed by atoms with E-state index in [1.54, 1.807) is 6.20 Å². The van der Waals surface area contributed by atoms with E-state index >= 15 is 0 Å². The first-order valence-electron chi connectivity index (χ1n) is 14.1. The van der Waals surface area contributed by atoms with Crippen molar-refractivity contribution in [3.63, 3.8) is 0 Å². The highest BCUT2D eigenvalue weighted by Gasteiger charge is 2.29. The van der Waals surface area contributed by atoms with E-state index in [9.17, 15) is 4.79 Å². The molecule has 4 aromatic rings. The van der Waals surface area contributed by atoms with Gasteiger partial charge < -0.3 is 15.4 Å². The van der Waals surface area contributed by atoms with E-state index in [1.807, 2.05) is 47.3 Å². The minimum atomic E-state index is 0.104. The average molecular weight is 538 g/mol. The van der Waals surface area contributed by atoms with Crippen LogP contribution in [0, 0.1) is 5.92 Å². The summed E-state index contributed by atoms with van der Waals surface area (Å²) in [6, 6.07) is 18.2. The Labute approximate surface area is 234 Å². The lowest BCUT2D eigenvalue weighted by Crippen LogP contribution is -2.37.